The maximum Gasteiger partial charge on any atom is 0.0724 e. The van der Waals surface area contributed by atoms with E-state index in [4.69, 9.17) is 0 Å². The molecule has 3 nitrogen and oxygen atoms in total. The van der Waals surface area contributed by atoms with Gasteiger partial charge in [0, 0.05) is 13.1 Å². The normalized spacial score (nSPS) is 24.0. The fourth-order valence-corrected chi connectivity index (χ4v) is 1.48. The summed E-state index contributed by atoms with van der Waals surface area (Å²) in [6.45, 7) is 4.55. The second-order valence-corrected chi connectivity index (χ2v) is 3.76. The fraction of sp³-hybridized carbons (Fsp3) is 1.00. The molecule has 0 aromatic heterocycles. The van der Waals surface area contributed by atoms with Crippen LogP contribution in [0.4, 0.5) is 0 Å². The van der Waals surface area contributed by atoms with Crippen LogP contribution in [-0.2, 0) is 0 Å². The fourth-order valence-electron chi connectivity index (χ4n) is 1.48. The molecular formula is C9H21N3. The van der Waals surface area contributed by atoms with Crippen molar-refractivity contribution in [1.29, 1.82) is 0 Å². The Balaban J connectivity index is 2.37. The van der Waals surface area contributed by atoms with Gasteiger partial charge in [0.2, 0.25) is 0 Å². The zero-order valence-electron chi connectivity index (χ0n) is 8.51. The van der Waals surface area contributed by atoms with Gasteiger partial charge in [-0.25, -0.2) is 5.01 Å². The van der Waals surface area contributed by atoms with Crippen LogP contribution in [0.15, 0.2) is 0 Å². The minimum Gasteiger partial charge on any atom is -0.293 e. The van der Waals surface area contributed by atoms with Crippen molar-refractivity contribution < 1.29 is 0 Å². The first kappa shape index (κ1) is 9.96. The summed E-state index contributed by atoms with van der Waals surface area (Å²) in [5, 5.41) is 2.34. The van der Waals surface area contributed by atoms with Crippen LogP contribution in [-0.4, -0.2) is 43.3 Å². The molecule has 1 unspecified atom stereocenters. The second-order valence-electron chi connectivity index (χ2n) is 3.76. The summed E-state index contributed by atoms with van der Waals surface area (Å²) in [5.74, 6) is 0. The third-order valence-electron chi connectivity index (χ3n) is 2.59. The summed E-state index contributed by atoms with van der Waals surface area (Å²) in [5.41, 5.74) is 3.45. The number of nitrogens with zero attached hydrogens (tertiary/aromatic N) is 2. The van der Waals surface area contributed by atoms with Gasteiger partial charge in [-0.2, -0.15) is 0 Å². The van der Waals surface area contributed by atoms with E-state index in [0.717, 1.165) is 6.54 Å². The summed E-state index contributed by atoms with van der Waals surface area (Å²) in [6, 6.07) is 0. The summed E-state index contributed by atoms with van der Waals surface area (Å²) in [7, 11) is 4.24. The quantitative estimate of drug-likeness (QED) is 0.665. The second kappa shape index (κ2) is 4.80. The molecule has 0 aromatic rings. The standard InChI is InChI=1S/C9H21N3/c1-9(11(2)3)12-8-6-4-5-7-10-12/h9-10H,4-8H2,1-3H3. The molecule has 0 amide bonds. The molecule has 1 rings (SSSR count). The zero-order chi connectivity index (χ0) is 8.97. The van der Waals surface area contributed by atoms with E-state index in [2.05, 4.69) is 36.4 Å². The first-order valence-electron chi connectivity index (χ1n) is 4.88. The molecule has 0 bridgehead atoms. The van der Waals surface area contributed by atoms with Crippen LogP contribution in [0.2, 0.25) is 0 Å². The molecule has 0 aromatic carbocycles. The Morgan fingerprint density at radius 2 is 2.00 bits per heavy atom. The van der Waals surface area contributed by atoms with E-state index in [1.807, 2.05) is 0 Å². The molecule has 1 atom stereocenters. The van der Waals surface area contributed by atoms with Crippen LogP contribution < -0.4 is 5.43 Å². The minimum atomic E-state index is 0.503. The molecule has 1 saturated heterocycles. The highest BCUT2D eigenvalue weighted by Gasteiger charge is 2.16. The van der Waals surface area contributed by atoms with E-state index in [9.17, 15) is 0 Å². The molecule has 0 aliphatic carbocycles. The van der Waals surface area contributed by atoms with Gasteiger partial charge in [-0.3, -0.25) is 10.3 Å². The van der Waals surface area contributed by atoms with Gasteiger partial charge in [0.1, 0.15) is 0 Å². The van der Waals surface area contributed by atoms with E-state index in [-0.39, 0.29) is 0 Å². The molecule has 0 spiro atoms. The predicted octanol–water partition coefficient (Wildman–Crippen LogP) is 0.884. The lowest BCUT2D eigenvalue weighted by atomic mass is 10.2. The van der Waals surface area contributed by atoms with Crippen molar-refractivity contribution in [1.82, 2.24) is 15.3 Å². The molecule has 0 saturated carbocycles. The van der Waals surface area contributed by atoms with Crippen LogP contribution >= 0.6 is 0 Å². The van der Waals surface area contributed by atoms with Crippen LogP contribution in [0.1, 0.15) is 26.2 Å². The molecule has 1 fully saturated rings. The Morgan fingerprint density at radius 3 is 2.67 bits per heavy atom. The Bertz CT molecular complexity index is 117. The Labute approximate surface area is 75.7 Å². The van der Waals surface area contributed by atoms with Crippen molar-refractivity contribution in [2.24, 2.45) is 0 Å². The molecular weight excluding hydrogens is 150 g/mol. The number of hydrogen-bond acceptors (Lipinski definition) is 3. The summed E-state index contributed by atoms with van der Waals surface area (Å²) < 4.78 is 0. The first-order valence-corrected chi connectivity index (χ1v) is 4.88. The Kier molecular flexibility index (Phi) is 3.98. The number of hydrazine groups is 1. The van der Waals surface area contributed by atoms with Crippen molar-refractivity contribution >= 4 is 0 Å². The minimum absolute atomic E-state index is 0.503. The molecule has 1 aliphatic rings. The van der Waals surface area contributed by atoms with E-state index in [1.54, 1.807) is 0 Å². The monoisotopic (exact) mass is 171 g/mol. The van der Waals surface area contributed by atoms with Gasteiger partial charge in [-0.05, 0) is 33.9 Å². The van der Waals surface area contributed by atoms with Crippen LogP contribution in [0.25, 0.3) is 0 Å². The van der Waals surface area contributed by atoms with E-state index >= 15 is 0 Å². The SMILES string of the molecule is CC(N(C)C)N1CCCCCN1. The molecule has 72 valence electrons. The van der Waals surface area contributed by atoms with Crippen LogP contribution in [0.3, 0.4) is 0 Å². The van der Waals surface area contributed by atoms with E-state index in [0.29, 0.717) is 6.17 Å². The van der Waals surface area contributed by atoms with Crippen LogP contribution in [0, 0.1) is 0 Å². The maximum absolute atomic E-state index is 3.45. The largest absolute Gasteiger partial charge is 0.293 e. The third kappa shape index (κ3) is 2.73. The number of hydrogen-bond donors (Lipinski definition) is 1. The van der Waals surface area contributed by atoms with Gasteiger partial charge in [-0.1, -0.05) is 6.42 Å². The number of rotatable bonds is 2. The lowest BCUT2D eigenvalue weighted by Gasteiger charge is -2.32. The summed E-state index contributed by atoms with van der Waals surface area (Å²) in [6.07, 6.45) is 4.51. The molecule has 1 aliphatic heterocycles. The van der Waals surface area contributed by atoms with E-state index < -0.39 is 0 Å². The van der Waals surface area contributed by atoms with Gasteiger partial charge >= 0.3 is 0 Å². The molecule has 1 heterocycles. The summed E-state index contributed by atoms with van der Waals surface area (Å²) in [4.78, 5) is 2.23. The van der Waals surface area contributed by atoms with Crippen molar-refractivity contribution in [2.75, 3.05) is 27.2 Å². The smallest absolute Gasteiger partial charge is 0.0724 e. The highest BCUT2D eigenvalue weighted by Crippen LogP contribution is 2.06. The van der Waals surface area contributed by atoms with Crippen molar-refractivity contribution in [3.63, 3.8) is 0 Å². The van der Waals surface area contributed by atoms with Crippen molar-refractivity contribution in [3.05, 3.63) is 0 Å². The molecule has 1 N–H and O–H groups in total. The lowest BCUT2D eigenvalue weighted by molar-refractivity contribution is 0.0510. The van der Waals surface area contributed by atoms with Gasteiger partial charge in [0.15, 0.2) is 0 Å². The zero-order valence-corrected chi connectivity index (χ0v) is 8.51. The number of nitrogens with one attached hydrogen (secondary N) is 1. The van der Waals surface area contributed by atoms with Crippen molar-refractivity contribution in [2.45, 2.75) is 32.4 Å². The Morgan fingerprint density at radius 1 is 1.25 bits per heavy atom. The van der Waals surface area contributed by atoms with Crippen molar-refractivity contribution in [3.8, 4) is 0 Å². The third-order valence-corrected chi connectivity index (χ3v) is 2.59. The predicted molar refractivity (Wildman–Crippen MR) is 51.7 cm³/mol. The topological polar surface area (TPSA) is 18.5 Å². The average Bonchev–Trinajstić information content (AvgIpc) is 2.30. The lowest BCUT2D eigenvalue weighted by Crippen LogP contribution is -2.50. The van der Waals surface area contributed by atoms with Gasteiger partial charge in [-0.15, -0.1) is 0 Å². The average molecular weight is 171 g/mol. The molecule has 12 heavy (non-hydrogen) atoms. The van der Waals surface area contributed by atoms with E-state index in [1.165, 1.54) is 25.8 Å². The van der Waals surface area contributed by atoms with Gasteiger partial charge in [0.25, 0.3) is 0 Å². The first-order chi connectivity index (χ1) is 5.72. The summed E-state index contributed by atoms with van der Waals surface area (Å²) >= 11 is 0. The molecule has 3 heteroatoms. The van der Waals surface area contributed by atoms with Crippen LogP contribution in [0.5, 0.6) is 0 Å². The highest BCUT2D eigenvalue weighted by molar-refractivity contribution is 4.64. The molecule has 0 radical (unpaired) electrons. The highest BCUT2D eigenvalue weighted by atomic mass is 15.6. The van der Waals surface area contributed by atoms with Gasteiger partial charge < -0.3 is 0 Å². The maximum atomic E-state index is 3.45. The van der Waals surface area contributed by atoms with Gasteiger partial charge in [0.05, 0.1) is 6.17 Å². The Hall–Kier alpha value is -0.120.